The Morgan fingerprint density at radius 3 is 2.54 bits per heavy atom. The maximum absolute atomic E-state index is 14.3. The van der Waals surface area contributed by atoms with Crippen LogP contribution in [0.2, 0.25) is 10.4 Å². The summed E-state index contributed by atoms with van der Waals surface area (Å²) in [6.07, 6.45) is 2.16. The smallest absolute Gasteiger partial charge is 0.407 e. The second-order valence-corrected chi connectivity index (χ2v) is 6.62. The molecule has 4 heterocycles. The molecule has 10 heteroatoms. The van der Waals surface area contributed by atoms with Gasteiger partial charge in [0.1, 0.15) is 11.3 Å². The third-order valence-electron chi connectivity index (χ3n) is 4.59. The van der Waals surface area contributed by atoms with E-state index in [-0.39, 0.29) is 28.0 Å². The van der Waals surface area contributed by atoms with Crippen molar-refractivity contribution in [2.75, 3.05) is 18.0 Å². The molecule has 7 nitrogen and oxygen atoms in total. The maximum Gasteiger partial charge on any atom is 0.407 e. The number of carboxylic acid groups (broad SMARTS) is 1. The number of likely N-dealkylation sites (tertiary alicyclic amines) is 1. The Morgan fingerprint density at radius 1 is 1.25 bits per heavy atom. The van der Waals surface area contributed by atoms with Gasteiger partial charge in [-0.2, -0.15) is 4.98 Å². The fourth-order valence-corrected chi connectivity index (χ4v) is 3.90. The molecule has 1 N–H and O–H groups in total. The summed E-state index contributed by atoms with van der Waals surface area (Å²) in [6, 6.07) is -0.0690. The number of nitrogens with zero attached hydrogens (tertiary/aromatic N) is 5. The highest BCUT2D eigenvalue weighted by molar-refractivity contribution is 6.30. The summed E-state index contributed by atoms with van der Waals surface area (Å²) in [5.41, 5.74) is 0.0186. The van der Waals surface area contributed by atoms with Crippen LogP contribution in [0.25, 0.3) is 10.9 Å². The molecule has 2 aliphatic heterocycles. The van der Waals surface area contributed by atoms with E-state index in [1.807, 2.05) is 4.90 Å². The number of hydrogen-bond donors (Lipinski definition) is 1. The Bertz CT molecular complexity index is 838. The second-order valence-electron chi connectivity index (χ2n) is 5.92. The first-order valence-corrected chi connectivity index (χ1v) is 8.14. The quantitative estimate of drug-likeness (QED) is 0.612. The van der Waals surface area contributed by atoms with Crippen LogP contribution in [0.15, 0.2) is 6.20 Å². The zero-order chi connectivity index (χ0) is 17.0. The van der Waals surface area contributed by atoms with Crippen LogP contribution in [-0.4, -0.2) is 56.2 Å². The average Bonchev–Trinajstić information content (AvgIpc) is 2.79. The number of aromatic nitrogens is 3. The van der Waals surface area contributed by atoms with Crippen molar-refractivity contribution < 1.29 is 14.3 Å². The molecule has 0 aromatic carbocycles. The molecule has 0 aliphatic carbocycles. The lowest BCUT2D eigenvalue weighted by Gasteiger charge is -2.40. The van der Waals surface area contributed by atoms with Crippen molar-refractivity contribution in [1.82, 2.24) is 19.9 Å². The summed E-state index contributed by atoms with van der Waals surface area (Å²) < 4.78 is 14.3. The molecule has 2 aromatic rings. The van der Waals surface area contributed by atoms with Crippen LogP contribution in [0, 0.1) is 5.82 Å². The second kappa shape index (κ2) is 5.56. The number of fused-ring (bicyclic) bond motifs is 3. The van der Waals surface area contributed by atoms with Crippen molar-refractivity contribution in [2.24, 2.45) is 0 Å². The van der Waals surface area contributed by atoms with Crippen LogP contribution in [-0.2, 0) is 0 Å². The fraction of sp³-hybridized carbons (Fsp3) is 0.429. The summed E-state index contributed by atoms with van der Waals surface area (Å²) in [7, 11) is 0. The summed E-state index contributed by atoms with van der Waals surface area (Å²) in [5.74, 6) is -0.262. The van der Waals surface area contributed by atoms with Crippen LogP contribution >= 0.6 is 23.2 Å². The van der Waals surface area contributed by atoms with E-state index in [0.29, 0.717) is 24.3 Å². The molecular formula is C14H12Cl2FN5O2. The SMILES string of the molecule is O=C(O)N1C[C@H]2CC[C@@H](C1)N2c1nc(Cl)nc2c(F)c(Cl)ncc12. The highest BCUT2D eigenvalue weighted by atomic mass is 35.5. The van der Waals surface area contributed by atoms with E-state index in [1.165, 1.54) is 11.1 Å². The van der Waals surface area contributed by atoms with Gasteiger partial charge in [0.05, 0.1) is 5.39 Å². The standard InChI is InChI=1S/C14H12Cl2FN5O2/c15-11-9(17)10-8(3-18-11)12(20-13(16)19-10)22-6-1-2-7(22)5-21(4-6)14(23)24/h3,6-7H,1-2,4-5H2,(H,23,24)/t6-,7+. The third kappa shape index (κ3) is 2.32. The zero-order valence-electron chi connectivity index (χ0n) is 12.3. The first-order valence-electron chi connectivity index (χ1n) is 7.39. The van der Waals surface area contributed by atoms with Crippen LogP contribution in [0.4, 0.5) is 15.0 Å². The van der Waals surface area contributed by atoms with Gasteiger partial charge in [0.2, 0.25) is 5.28 Å². The highest BCUT2D eigenvalue weighted by Gasteiger charge is 2.43. The van der Waals surface area contributed by atoms with Crippen molar-refractivity contribution in [3.05, 3.63) is 22.5 Å². The minimum atomic E-state index is -0.934. The third-order valence-corrected chi connectivity index (χ3v) is 5.02. The normalized spacial score (nSPS) is 23.1. The number of anilines is 1. The van der Waals surface area contributed by atoms with Crippen molar-refractivity contribution in [1.29, 1.82) is 0 Å². The summed E-state index contributed by atoms with van der Waals surface area (Å²) in [5, 5.41) is 9.29. The van der Waals surface area contributed by atoms with Crippen molar-refractivity contribution in [3.8, 4) is 0 Å². The number of pyridine rings is 1. The molecule has 24 heavy (non-hydrogen) atoms. The molecule has 2 atom stereocenters. The molecule has 1 amide bonds. The Kier molecular flexibility index (Phi) is 3.61. The van der Waals surface area contributed by atoms with Gasteiger partial charge in [-0.1, -0.05) is 11.6 Å². The Hall–Kier alpha value is -1.93. The summed E-state index contributed by atoms with van der Waals surface area (Å²) >= 11 is 11.7. The van der Waals surface area contributed by atoms with Gasteiger partial charge in [-0.25, -0.2) is 19.2 Å². The predicted octanol–water partition coefficient (Wildman–Crippen LogP) is 2.80. The molecule has 0 radical (unpaired) electrons. The van der Waals surface area contributed by atoms with Gasteiger partial charge in [-0.15, -0.1) is 0 Å². The minimum Gasteiger partial charge on any atom is -0.465 e. The van der Waals surface area contributed by atoms with Crippen LogP contribution in [0.3, 0.4) is 0 Å². The van der Waals surface area contributed by atoms with E-state index in [2.05, 4.69) is 15.0 Å². The maximum atomic E-state index is 14.3. The zero-order valence-corrected chi connectivity index (χ0v) is 13.8. The van der Waals surface area contributed by atoms with Gasteiger partial charge in [0, 0.05) is 31.4 Å². The highest BCUT2D eigenvalue weighted by Crippen LogP contribution is 2.38. The van der Waals surface area contributed by atoms with Gasteiger partial charge in [-0.3, -0.25) is 0 Å². The number of piperazine rings is 1. The number of hydrogen-bond acceptors (Lipinski definition) is 5. The number of amides is 1. The molecule has 2 aliphatic rings. The lowest BCUT2D eigenvalue weighted by molar-refractivity contribution is 0.133. The van der Waals surface area contributed by atoms with Gasteiger partial charge in [0.15, 0.2) is 11.0 Å². The average molecular weight is 372 g/mol. The van der Waals surface area contributed by atoms with Gasteiger partial charge >= 0.3 is 6.09 Å². The van der Waals surface area contributed by atoms with Crippen LogP contribution in [0.5, 0.6) is 0 Å². The van der Waals surface area contributed by atoms with E-state index in [1.54, 1.807) is 0 Å². The molecule has 2 saturated heterocycles. The van der Waals surface area contributed by atoms with Gasteiger partial charge < -0.3 is 14.9 Å². The van der Waals surface area contributed by atoms with Crippen molar-refractivity contribution in [2.45, 2.75) is 24.9 Å². The molecule has 0 unspecified atom stereocenters. The van der Waals surface area contributed by atoms with E-state index in [4.69, 9.17) is 23.2 Å². The van der Waals surface area contributed by atoms with E-state index in [0.717, 1.165) is 12.8 Å². The number of carbonyl (C=O) groups is 1. The van der Waals surface area contributed by atoms with E-state index >= 15 is 0 Å². The van der Waals surface area contributed by atoms with E-state index in [9.17, 15) is 14.3 Å². The van der Waals surface area contributed by atoms with Crippen molar-refractivity contribution >= 4 is 46.0 Å². The lowest BCUT2D eigenvalue weighted by atomic mass is 10.1. The molecule has 126 valence electrons. The van der Waals surface area contributed by atoms with Crippen LogP contribution < -0.4 is 4.90 Å². The minimum absolute atomic E-state index is 0.0186. The Labute approximate surface area is 146 Å². The summed E-state index contributed by atoms with van der Waals surface area (Å²) in [6.45, 7) is 0.747. The topological polar surface area (TPSA) is 82.5 Å². The summed E-state index contributed by atoms with van der Waals surface area (Å²) in [4.78, 5) is 26.7. The molecular weight excluding hydrogens is 360 g/mol. The monoisotopic (exact) mass is 371 g/mol. The number of rotatable bonds is 1. The first kappa shape index (κ1) is 15.6. The largest absolute Gasteiger partial charge is 0.465 e. The molecule has 4 rings (SSSR count). The van der Waals surface area contributed by atoms with E-state index < -0.39 is 11.9 Å². The Morgan fingerprint density at radius 2 is 1.92 bits per heavy atom. The van der Waals surface area contributed by atoms with Crippen molar-refractivity contribution in [3.63, 3.8) is 0 Å². The van der Waals surface area contributed by atoms with Gasteiger partial charge in [0.25, 0.3) is 0 Å². The lowest BCUT2D eigenvalue weighted by Crippen LogP contribution is -2.55. The molecule has 2 bridgehead atoms. The van der Waals surface area contributed by atoms with Gasteiger partial charge in [-0.05, 0) is 24.4 Å². The molecule has 2 aromatic heterocycles. The fourth-order valence-electron chi connectivity index (χ4n) is 3.59. The predicted molar refractivity (Wildman–Crippen MR) is 86.2 cm³/mol. The Balaban J connectivity index is 1.83. The first-order chi connectivity index (χ1) is 11.5. The molecule has 0 spiro atoms. The molecule has 0 saturated carbocycles. The molecule has 2 fully saturated rings. The number of halogens is 3. The van der Waals surface area contributed by atoms with Crippen LogP contribution in [0.1, 0.15) is 12.8 Å².